The summed E-state index contributed by atoms with van der Waals surface area (Å²) < 4.78 is 0. The van der Waals surface area contributed by atoms with Gasteiger partial charge in [0.15, 0.2) is 0 Å². The van der Waals surface area contributed by atoms with Crippen LogP contribution in [0.5, 0.6) is 0 Å². The molecule has 17 heavy (non-hydrogen) atoms. The summed E-state index contributed by atoms with van der Waals surface area (Å²) >= 11 is 0. The molecule has 2 rings (SSSR count). The van der Waals surface area contributed by atoms with Crippen LogP contribution in [0.15, 0.2) is 24.3 Å². The third-order valence-corrected chi connectivity index (χ3v) is 2.78. The fourth-order valence-electron chi connectivity index (χ4n) is 1.89. The molecule has 3 N–H and O–H groups in total. The van der Waals surface area contributed by atoms with Gasteiger partial charge in [-0.15, -0.1) is 0 Å². The monoisotopic (exact) mass is 234 g/mol. The van der Waals surface area contributed by atoms with Gasteiger partial charge in [-0.2, -0.15) is 0 Å². The van der Waals surface area contributed by atoms with Crippen molar-refractivity contribution in [3.05, 3.63) is 29.8 Å². The van der Waals surface area contributed by atoms with Gasteiger partial charge in [0, 0.05) is 24.7 Å². The lowest BCUT2D eigenvalue weighted by Gasteiger charge is -2.13. The van der Waals surface area contributed by atoms with Gasteiger partial charge in [0.2, 0.25) is 5.91 Å². The number of amides is 1. The standard InChI is InChI=1S/C12H14N2O3/c15-11-6-5-8(14-11)7-13-10-4-2-1-3-9(10)12(16)17/h1-4,8,13H,5-7H2,(H,14,15)(H,16,17). The van der Waals surface area contributed by atoms with E-state index in [1.165, 1.54) is 0 Å². The molecule has 0 aromatic heterocycles. The number of anilines is 1. The van der Waals surface area contributed by atoms with Crippen LogP contribution in [-0.4, -0.2) is 29.6 Å². The maximum atomic E-state index is 11.0. The molecule has 5 heteroatoms. The van der Waals surface area contributed by atoms with Crippen molar-refractivity contribution in [2.24, 2.45) is 0 Å². The lowest BCUT2D eigenvalue weighted by Crippen LogP contribution is -2.32. The molecule has 1 amide bonds. The van der Waals surface area contributed by atoms with E-state index in [1.54, 1.807) is 24.3 Å². The maximum Gasteiger partial charge on any atom is 0.337 e. The number of carboxylic acid groups (broad SMARTS) is 1. The zero-order valence-corrected chi connectivity index (χ0v) is 9.27. The zero-order valence-electron chi connectivity index (χ0n) is 9.27. The fraction of sp³-hybridized carbons (Fsp3) is 0.333. The van der Waals surface area contributed by atoms with Crippen molar-refractivity contribution in [3.8, 4) is 0 Å². The average molecular weight is 234 g/mol. The van der Waals surface area contributed by atoms with E-state index in [9.17, 15) is 9.59 Å². The van der Waals surface area contributed by atoms with E-state index < -0.39 is 5.97 Å². The molecule has 1 aliphatic heterocycles. The summed E-state index contributed by atoms with van der Waals surface area (Å²) in [6, 6.07) is 6.83. The summed E-state index contributed by atoms with van der Waals surface area (Å²) in [5, 5.41) is 14.9. The predicted molar refractivity (Wildman–Crippen MR) is 63.1 cm³/mol. The third-order valence-electron chi connectivity index (χ3n) is 2.78. The van der Waals surface area contributed by atoms with Crippen molar-refractivity contribution in [3.63, 3.8) is 0 Å². The van der Waals surface area contributed by atoms with Crippen LogP contribution in [0.2, 0.25) is 0 Å². The van der Waals surface area contributed by atoms with Gasteiger partial charge in [-0.25, -0.2) is 4.79 Å². The van der Waals surface area contributed by atoms with Crippen LogP contribution in [0.1, 0.15) is 23.2 Å². The van der Waals surface area contributed by atoms with Crippen LogP contribution >= 0.6 is 0 Å². The summed E-state index contributed by atoms with van der Waals surface area (Å²) in [5.74, 6) is -0.896. The van der Waals surface area contributed by atoms with Gasteiger partial charge >= 0.3 is 5.97 Å². The van der Waals surface area contributed by atoms with Crippen molar-refractivity contribution < 1.29 is 14.7 Å². The minimum Gasteiger partial charge on any atom is -0.478 e. The lowest BCUT2D eigenvalue weighted by atomic mass is 10.1. The molecule has 5 nitrogen and oxygen atoms in total. The van der Waals surface area contributed by atoms with Crippen molar-refractivity contribution >= 4 is 17.6 Å². The lowest BCUT2D eigenvalue weighted by molar-refractivity contribution is -0.119. The van der Waals surface area contributed by atoms with Crippen LogP contribution in [-0.2, 0) is 4.79 Å². The van der Waals surface area contributed by atoms with E-state index in [4.69, 9.17) is 5.11 Å². The van der Waals surface area contributed by atoms with E-state index in [0.29, 0.717) is 18.7 Å². The molecule has 1 atom stereocenters. The highest BCUT2D eigenvalue weighted by Crippen LogP contribution is 2.16. The first kappa shape index (κ1) is 11.4. The van der Waals surface area contributed by atoms with Gasteiger partial charge < -0.3 is 15.7 Å². The number of nitrogens with one attached hydrogen (secondary N) is 2. The molecule has 1 unspecified atom stereocenters. The molecule has 1 aromatic rings. The normalized spacial score (nSPS) is 18.8. The van der Waals surface area contributed by atoms with Gasteiger partial charge in [0.25, 0.3) is 0 Å². The maximum absolute atomic E-state index is 11.0. The molecular weight excluding hydrogens is 220 g/mol. The molecular formula is C12H14N2O3. The Labute approximate surface area is 98.8 Å². The van der Waals surface area contributed by atoms with E-state index in [2.05, 4.69) is 10.6 Å². The fourth-order valence-corrected chi connectivity index (χ4v) is 1.89. The van der Waals surface area contributed by atoms with Gasteiger partial charge in [-0.1, -0.05) is 12.1 Å². The number of aromatic carboxylic acids is 1. The van der Waals surface area contributed by atoms with Crippen LogP contribution in [0.25, 0.3) is 0 Å². The Morgan fingerprint density at radius 1 is 1.47 bits per heavy atom. The summed E-state index contributed by atoms with van der Waals surface area (Å²) in [5.41, 5.74) is 0.831. The quantitative estimate of drug-likeness (QED) is 0.728. The molecule has 0 aliphatic carbocycles. The Bertz CT molecular complexity index is 445. The van der Waals surface area contributed by atoms with E-state index in [0.717, 1.165) is 6.42 Å². The largest absolute Gasteiger partial charge is 0.478 e. The Morgan fingerprint density at radius 3 is 2.88 bits per heavy atom. The number of carbonyl (C=O) groups is 2. The molecule has 0 saturated carbocycles. The molecule has 1 aliphatic rings. The number of hydrogen-bond acceptors (Lipinski definition) is 3. The highest BCUT2D eigenvalue weighted by atomic mass is 16.4. The molecule has 90 valence electrons. The predicted octanol–water partition coefficient (Wildman–Crippen LogP) is 1.08. The Hall–Kier alpha value is -2.04. The van der Waals surface area contributed by atoms with Crippen molar-refractivity contribution in [2.45, 2.75) is 18.9 Å². The topological polar surface area (TPSA) is 78.4 Å². The van der Waals surface area contributed by atoms with Crippen molar-refractivity contribution in [1.29, 1.82) is 0 Å². The molecule has 0 radical (unpaired) electrons. The summed E-state index contributed by atoms with van der Waals surface area (Å²) in [7, 11) is 0. The van der Waals surface area contributed by atoms with Crippen LogP contribution < -0.4 is 10.6 Å². The minimum absolute atomic E-state index is 0.0586. The van der Waals surface area contributed by atoms with Gasteiger partial charge in [-0.05, 0) is 18.6 Å². The van der Waals surface area contributed by atoms with Gasteiger partial charge in [-0.3, -0.25) is 4.79 Å². The highest BCUT2D eigenvalue weighted by Gasteiger charge is 2.20. The number of carbonyl (C=O) groups excluding carboxylic acids is 1. The van der Waals surface area contributed by atoms with Gasteiger partial charge in [0.1, 0.15) is 0 Å². The number of carboxylic acids is 1. The van der Waals surface area contributed by atoms with Crippen LogP contribution in [0.4, 0.5) is 5.69 Å². The molecule has 0 spiro atoms. The molecule has 1 aromatic carbocycles. The van der Waals surface area contributed by atoms with Crippen molar-refractivity contribution in [2.75, 3.05) is 11.9 Å². The van der Waals surface area contributed by atoms with Gasteiger partial charge in [0.05, 0.1) is 5.56 Å². The highest BCUT2D eigenvalue weighted by molar-refractivity contribution is 5.94. The first-order valence-electron chi connectivity index (χ1n) is 5.52. The first-order valence-corrected chi connectivity index (χ1v) is 5.52. The molecule has 1 saturated heterocycles. The smallest absolute Gasteiger partial charge is 0.337 e. The second kappa shape index (κ2) is 4.86. The molecule has 0 bridgehead atoms. The second-order valence-corrected chi connectivity index (χ2v) is 4.03. The number of benzene rings is 1. The van der Waals surface area contributed by atoms with E-state index >= 15 is 0 Å². The Morgan fingerprint density at radius 2 is 2.24 bits per heavy atom. The van der Waals surface area contributed by atoms with Crippen LogP contribution in [0, 0.1) is 0 Å². The molecule has 1 heterocycles. The first-order chi connectivity index (χ1) is 8.16. The van der Waals surface area contributed by atoms with E-state index in [-0.39, 0.29) is 17.5 Å². The second-order valence-electron chi connectivity index (χ2n) is 4.03. The SMILES string of the molecule is O=C1CCC(CNc2ccccc2C(=O)O)N1. The van der Waals surface area contributed by atoms with E-state index in [1.807, 2.05) is 0 Å². The number of hydrogen-bond donors (Lipinski definition) is 3. The summed E-state index contributed by atoms with van der Waals surface area (Å²) in [4.78, 5) is 22.0. The van der Waals surface area contributed by atoms with Crippen LogP contribution in [0.3, 0.4) is 0 Å². The average Bonchev–Trinajstić information content (AvgIpc) is 2.73. The minimum atomic E-state index is -0.955. The Balaban J connectivity index is 1.99. The zero-order chi connectivity index (χ0) is 12.3. The summed E-state index contributed by atoms with van der Waals surface area (Å²) in [6.07, 6.45) is 1.34. The Kier molecular flexibility index (Phi) is 3.27. The van der Waals surface area contributed by atoms with Crippen molar-refractivity contribution in [1.82, 2.24) is 5.32 Å². The number of rotatable bonds is 4. The number of para-hydroxylation sites is 1. The molecule has 1 fully saturated rings. The third kappa shape index (κ3) is 2.75. The summed E-state index contributed by atoms with van der Waals surface area (Å²) in [6.45, 7) is 0.552.